The van der Waals surface area contributed by atoms with Crippen molar-refractivity contribution in [1.29, 1.82) is 0 Å². The predicted octanol–water partition coefficient (Wildman–Crippen LogP) is 1.42. The van der Waals surface area contributed by atoms with Crippen molar-refractivity contribution in [2.45, 2.75) is 39.2 Å². The lowest BCUT2D eigenvalue weighted by molar-refractivity contribution is 0.490. The van der Waals surface area contributed by atoms with Gasteiger partial charge in [0.05, 0.1) is 10.7 Å². The van der Waals surface area contributed by atoms with Crippen molar-refractivity contribution < 1.29 is 8.42 Å². The predicted molar refractivity (Wildman–Crippen MR) is 54.0 cm³/mol. The second kappa shape index (κ2) is 3.33. The molecule has 0 aliphatic carbocycles. The van der Waals surface area contributed by atoms with Crippen LogP contribution in [0.4, 0.5) is 0 Å². The highest BCUT2D eigenvalue weighted by Gasteiger charge is 2.24. The minimum absolute atomic E-state index is 0.0644. The molecule has 0 unspecified atom stereocenters. The zero-order valence-electron chi connectivity index (χ0n) is 8.42. The molecule has 0 amide bonds. The maximum Gasteiger partial charge on any atom is 0.175 e. The van der Waals surface area contributed by atoms with Crippen LogP contribution in [0.5, 0.6) is 0 Å². The van der Waals surface area contributed by atoms with Crippen LogP contribution in [0, 0.1) is 0 Å². The van der Waals surface area contributed by atoms with E-state index in [9.17, 15) is 8.42 Å². The molecule has 0 atom stereocenters. The largest absolute Gasteiger partial charge is 0.386 e. The van der Waals surface area contributed by atoms with E-state index in [4.69, 9.17) is 0 Å². The van der Waals surface area contributed by atoms with E-state index in [1.165, 1.54) is 0 Å². The van der Waals surface area contributed by atoms with E-state index >= 15 is 0 Å². The van der Waals surface area contributed by atoms with Gasteiger partial charge in [-0.2, -0.15) is 0 Å². The highest BCUT2D eigenvalue weighted by Crippen LogP contribution is 2.23. The van der Waals surface area contributed by atoms with E-state index in [2.05, 4.69) is 5.32 Å². The third kappa shape index (κ3) is 3.03. The normalized spacial score (nSPS) is 25.0. The molecule has 1 rings (SSSR count). The number of allylic oxidation sites excluding steroid dienone is 1. The summed E-state index contributed by atoms with van der Waals surface area (Å²) in [6, 6.07) is 0. The molecule has 3 nitrogen and oxygen atoms in total. The van der Waals surface area contributed by atoms with E-state index in [-0.39, 0.29) is 5.54 Å². The zero-order chi connectivity index (χ0) is 10.1. The van der Waals surface area contributed by atoms with Crippen molar-refractivity contribution >= 4 is 9.84 Å². The fraction of sp³-hybridized carbons (Fsp3) is 0.778. The number of hydrogen-bond donors (Lipinski definition) is 1. The molecule has 1 fully saturated rings. The molecule has 76 valence electrons. The topological polar surface area (TPSA) is 46.2 Å². The van der Waals surface area contributed by atoms with Crippen LogP contribution in [-0.2, 0) is 9.84 Å². The van der Waals surface area contributed by atoms with Gasteiger partial charge in [0.15, 0.2) is 9.84 Å². The van der Waals surface area contributed by atoms with Gasteiger partial charge in [0, 0.05) is 11.7 Å². The summed E-state index contributed by atoms with van der Waals surface area (Å²) in [6.45, 7) is 6.02. The molecule has 1 aliphatic heterocycles. The second-order valence-electron chi connectivity index (χ2n) is 4.43. The van der Waals surface area contributed by atoms with Crippen LogP contribution in [-0.4, -0.2) is 19.7 Å². The fourth-order valence-corrected chi connectivity index (χ4v) is 2.66. The third-order valence-electron chi connectivity index (χ3n) is 1.90. The molecular formula is C9H17NO2S. The number of nitrogens with one attached hydrogen (secondary N) is 1. The lowest BCUT2D eigenvalue weighted by Crippen LogP contribution is -2.31. The second-order valence-corrected chi connectivity index (χ2v) is 6.59. The molecular weight excluding hydrogens is 186 g/mol. The standard InChI is InChI=1S/C9H17NO2S/c1-9(2,3)10-7-8-5-4-6-13(8,11)12/h7,10H,4-6H2,1-3H3/b8-7-. The molecule has 0 radical (unpaired) electrons. The van der Waals surface area contributed by atoms with Crippen molar-refractivity contribution in [3.05, 3.63) is 11.1 Å². The number of sulfone groups is 1. The summed E-state index contributed by atoms with van der Waals surface area (Å²) in [6.07, 6.45) is 3.10. The lowest BCUT2D eigenvalue weighted by atomic mass is 10.1. The van der Waals surface area contributed by atoms with E-state index in [0.29, 0.717) is 17.1 Å². The van der Waals surface area contributed by atoms with Crippen molar-refractivity contribution in [2.24, 2.45) is 0 Å². The average molecular weight is 203 g/mol. The third-order valence-corrected chi connectivity index (χ3v) is 3.85. The Bertz CT molecular complexity index is 309. The molecule has 13 heavy (non-hydrogen) atoms. The van der Waals surface area contributed by atoms with Crippen LogP contribution in [0.2, 0.25) is 0 Å². The van der Waals surface area contributed by atoms with Gasteiger partial charge in [-0.3, -0.25) is 0 Å². The van der Waals surface area contributed by atoms with Crippen LogP contribution in [0.25, 0.3) is 0 Å². The Labute approximate surface area is 80.1 Å². The van der Waals surface area contributed by atoms with Crippen LogP contribution >= 0.6 is 0 Å². The summed E-state index contributed by atoms with van der Waals surface area (Å²) in [7, 11) is -2.91. The molecule has 0 spiro atoms. The summed E-state index contributed by atoms with van der Waals surface area (Å²) in [5.41, 5.74) is -0.0644. The van der Waals surface area contributed by atoms with Crippen molar-refractivity contribution in [2.75, 3.05) is 5.75 Å². The van der Waals surface area contributed by atoms with Crippen LogP contribution in [0.1, 0.15) is 33.6 Å². The fourth-order valence-electron chi connectivity index (χ4n) is 1.18. The number of rotatable bonds is 1. The summed E-state index contributed by atoms with van der Waals surface area (Å²) >= 11 is 0. The van der Waals surface area contributed by atoms with Crippen molar-refractivity contribution in [3.8, 4) is 0 Å². The van der Waals surface area contributed by atoms with E-state index in [0.717, 1.165) is 6.42 Å². The molecule has 0 aromatic carbocycles. The minimum atomic E-state index is -2.91. The Hall–Kier alpha value is -0.510. The summed E-state index contributed by atoms with van der Waals surface area (Å²) in [5, 5.41) is 3.08. The summed E-state index contributed by atoms with van der Waals surface area (Å²) in [4.78, 5) is 0.558. The SMILES string of the molecule is CC(C)(C)N/C=C1/CCCS1(=O)=O. The van der Waals surface area contributed by atoms with Gasteiger partial charge in [0.2, 0.25) is 0 Å². The lowest BCUT2D eigenvalue weighted by Gasteiger charge is -2.19. The molecule has 0 bridgehead atoms. The monoisotopic (exact) mass is 203 g/mol. The van der Waals surface area contributed by atoms with Gasteiger partial charge in [-0.1, -0.05) is 0 Å². The highest BCUT2D eigenvalue weighted by atomic mass is 32.2. The van der Waals surface area contributed by atoms with E-state index < -0.39 is 9.84 Å². The molecule has 0 saturated carbocycles. The first-order chi connectivity index (χ1) is 5.81. The molecule has 0 aromatic rings. The van der Waals surface area contributed by atoms with Gasteiger partial charge in [0.25, 0.3) is 0 Å². The van der Waals surface area contributed by atoms with E-state index in [1.807, 2.05) is 20.8 Å². The van der Waals surface area contributed by atoms with Gasteiger partial charge in [0.1, 0.15) is 0 Å². The molecule has 1 heterocycles. The van der Waals surface area contributed by atoms with Gasteiger partial charge < -0.3 is 5.32 Å². The molecule has 1 saturated heterocycles. The van der Waals surface area contributed by atoms with Crippen molar-refractivity contribution in [3.63, 3.8) is 0 Å². The minimum Gasteiger partial charge on any atom is -0.386 e. The molecule has 1 N–H and O–H groups in total. The Balaban J connectivity index is 2.73. The Morgan fingerprint density at radius 1 is 1.38 bits per heavy atom. The zero-order valence-corrected chi connectivity index (χ0v) is 9.24. The van der Waals surface area contributed by atoms with Gasteiger partial charge in [-0.15, -0.1) is 0 Å². The number of hydrogen-bond acceptors (Lipinski definition) is 3. The van der Waals surface area contributed by atoms with E-state index in [1.54, 1.807) is 6.20 Å². The summed E-state index contributed by atoms with van der Waals surface area (Å²) < 4.78 is 22.7. The Morgan fingerprint density at radius 3 is 2.38 bits per heavy atom. The smallest absolute Gasteiger partial charge is 0.175 e. The van der Waals surface area contributed by atoms with Gasteiger partial charge in [-0.25, -0.2) is 8.42 Å². The maximum absolute atomic E-state index is 11.4. The molecule has 0 aromatic heterocycles. The first-order valence-corrected chi connectivity index (χ1v) is 6.16. The Kier molecular flexibility index (Phi) is 2.71. The Morgan fingerprint density at radius 2 is 2.00 bits per heavy atom. The quantitative estimate of drug-likeness (QED) is 0.701. The van der Waals surface area contributed by atoms with Crippen LogP contribution in [0.15, 0.2) is 11.1 Å². The van der Waals surface area contributed by atoms with Crippen molar-refractivity contribution in [1.82, 2.24) is 5.32 Å². The first kappa shape index (κ1) is 10.6. The average Bonchev–Trinajstić information content (AvgIpc) is 2.23. The van der Waals surface area contributed by atoms with Crippen LogP contribution < -0.4 is 5.32 Å². The summed E-state index contributed by atoms with van der Waals surface area (Å²) in [5.74, 6) is 0.310. The molecule has 4 heteroatoms. The highest BCUT2D eigenvalue weighted by molar-refractivity contribution is 7.95. The first-order valence-electron chi connectivity index (χ1n) is 4.51. The van der Waals surface area contributed by atoms with Gasteiger partial charge in [-0.05, 0) is 33.6 Å². The van der Waals surface area contributed by atoms with Crippen LogP contribution in [0.3, 0.4) is 0 Å². The molecule has 1 aliphatic rings. The van der Waals surface area contributed by atoms with Gasteiger partial charge >= 0.3 is 0 Å². The maximum atomic E-state index is 11.4.